The minimum atomic E-state index is -3.77. The summed E-state index contributed by atoms with van der Waals surface area (Å²) >= 11 is 6.00. The van der Waals surface area contributed by atoms with E-state index in [2.05, 4.69) is 16.9 Å². The molecule has 0 amide bonds. The minimum absolute atomic E-state index is 0.0592. The van der Waals surface area contributed by atoms with Gasteiger partial charge in [-0.25, -0.2) is 13.1 Å². The molecule has 6 heteroatoms. The normalized spacial score (nSPS) is 15.3. The number of aryl methyl sites for hydroxylation is 2. The Kier molecular flexibility index (Phi) is 5.90. The van der Waals surface area contributed by atoms with Crippen molar-refractivity contribution in [3.05, 3.63) is 58.1 Å². The van der Waals surface area contributed by atoms with Crippen LogP contribution in [0.4, 0.5) is 0 Å². The van der Waals surface area contributed by atoms with Crippen LogP contribution in [0, 0.1) is 0 Å². The Bertz CT molecular complexity index is 896. The molecule has 1 aliphatic carbocycles. The third-order valence-electron chi connectivity index (χ3n) is 4.90. The SMILES string of the molecule is CC[C@@H](NS(=O)(=O)c1cc(Cl)ccc1OC)c1ccc2c(c1)CCCC2. The number of ether oxygens (including phenoxy) is 1. The van der Waals surface area contributed by atoms with Gasteiger partial charge in [0.1, 0.15) is 10.6 Å². The minimum Gasteiger partial charge on any atom is -0.495 e. The van der Waals surface area contributed by atoms with Gasteiger partial charge >= 0.3 is 0 Å². The number of rotatable bonds is 6. The Labute approximate surface area is 160 Å². The maximum absolute atomic E-state index is 12.9. The fourth-order valence-electron chi connectivity index (χ4n) is 3.47. The lowest BCUT2D eigenvalue weighted by Gasteiger charge is -2.22. The van der Waals surface area contributed by atoms with Crippen molar-refractivity contribution in [1.82, 2.24) is 4.72 Å². The second-order valence-corrected chi connectivity index (χ2v) is 8.73. The Morgan fingerprint density at radius 1 is 1.12 bits per heavy atom. The van der Waals surface area contributed by atoms with Gasteiger partial charge in [-0.3, -0.25) is 0 Å². The van der Waals surface area contributed by atoms with Gasteiger partial charge in [-0.1, -0.05) is 36.7 Å². The number of sulfonamides is 1. The van der Waals surface area contributed by atoms with Crippen LogP contribution in [0.2, 0.25) is 5.02 Å². The summed E-state index contributed by atoms with van der Waals surface area (Å²) in [5.74, 6) is 0.280. The molecule has 0 unspecified atom stereocenters. The highest BCUT2D eigenvalue weighted by Crippen LogP contribution is 2.30. The van der Waals surface area contributed by atoms with Gasteiger partial charge in [0.2, 0.25) is 10.0 Å². The van der Waals surface area contributed by atoms with Crippen molar-refractivity contribution < 1.29 is 13.2 Å². The van der Waals surface area contributed by atoms with Crippen LogP contribution in [0.5, 0.6) is 5.75 Å². The van der Waals surface area contributed by atoms with Crippen molar-refractivity contribution >= 4 is 21.6 Å². The van der Waals surface area contributed by atoms with Crippen molar-refractivity contribution in [2.75, 3.05) is 7.11 Å². The summed E-state index contributed by atoms with van der Waals surface area (Å²) in [6.07, 6.45) is 5.25. The predicted molar refractivity (Wildman–Crippen MR) is 104 cm³/mol. The smallest absolute Gasteiger partial charge is 0.244 e. The third-order valence-corrected chi connectivity index (χ3v) is 6.62. The molecule has 3 rings (SSSR count). The lowest BCUT2D eigenvalue weighted by molar-refractivity contribution is 0.402. The number of hydrogen-bond acceptors (Lipinski definition) is 3. The van der Waals surface area contributed by atoms with Gasteiger partial charge in [-0.2, -0.15) is 0 Å². The lowest BCUT2D eigenvalue weighted by atomic mass is 9.89. The summed E-state index contributed by atoms with van der Waals surface area (Å²) in [4.78, 5) is 0.0592. The number of halogens is 1. The molecule has 0 fully saturated rings. The first kappa shape index (κ1) is 19.2. The van der Waals surface area contributed by atoms with Gasteiger partial charge in [0.05, 0.1) is 7.11 Å². The number of benzene rings is 2. The maximum atomic E-state index is 12.9. The zero-order valence-electron chi connectivity index (χ0n) is 15.1. The topological polar surface area (TPSA) is 55.4 Å². The molecule has 1 atom stereocenters. The molecule has 4 nitrogen and oxygen atoms in total. The highest BCUT2D eigenvalue weighted by atomic mass is 35.5. The Morgan fingerprint density at radius 2 is 1.85 bits per heavy atom. The van der Waals surface area contributed by atoms with E-state index in [9.17, 15) is 8.42 Å². The zero-order valence-corrected chi connectivity index (χ0v) is 16.7. The first-order chi connectivity index (χ1) is 12.4. The van der Waals surface area contributed by atoms with Crippen LogP contribution in [0.1, 0.15) is 48.9 Å². The van der Waals surface area contributed by atoms with E-state index in [1.165, 1.54) is 37.1 Å². The first-order valence-corrected chi connectivity index (χ1v) is 10.8. The molecule has 0 aromatic heterocycles. The van der Waals surface area contributed by atoms with Crippen LogP contribution in [-0.4, -0.2) is 15.5 Å². The summed E-state index contributed by atoms with van der Waals surface area (Å²) in [6, 6.07) is 10.6. The molecule has 0 aliphatic heterocycles. The van der Waals surface area contributed by atoms with E-state index in [-0.39, 0.29) is 16.7 Å². The van der Waals surface area contributed by atoms with Gasteiger partial charge in [-0.15, -0.1) is 0 Å². The molecule has 0 bridgehead atoms. The van der Waals surface area contributed by atoms with Crippen molar-refractivity contribution in [3.63, 3.8) is 0 Å². The number of nitrogens with one attached hydrogen (secondary N) is 1. The van der Waals surface area contributed by atoms with E-state index in [1.54, 1.807) is 12.1 Å². The zero-order chi connectivity index (χ0) is 18.7. The average molecular weight is 394 g/mol. The van der Waals surface area contributed by atoms with Crippen LogP contribution in [0.25, 0.3) is 0 Å². The largest absolute Gasteiger partial charge is 0.495 e. The Balaban J connectivity index is 1.91. The van der Waals surface area contributed by atoms with Crippen molar-refractivity contribution in [3.8, 4) is 5.75 Å². The summed E-state index contributed by atoms with van der Waals surface area (Å²) < 4.78 is 33.9. The molecule has 0 saturated carbocycles. The van der Waals surface area contributed by atoms with Crippen molar-refractivity contribution in [1.29, 1.82) is 0 Å². The van der Waals surface area contributed by atoms with Crippen LogP contribution < -0.4 is 9.46 Å². The van der Waals surface area contributed by atoms with Gasteiger partial charge in [0.15, 0.2) is 0 Å². The van der Waals surface area contributed by atoms with Crippen LogP contribution in [0.15, 0.2) is 41.3 Å². The molecule has 0 saturated heterocycles. The van der Waals surface area contributed by atoms with E-state index in [0.717, 1.165) is 18.4 Å². The van der Waals surface area contributed by atoms with Crippen LogP contribution in [-0.2, 0) is 22.9 Å². The summed E-state index contributed by atoms with van der Waals surface area (Å²) in [7, 11) is -2.32. The summed E-state index contributed by atoms with van der Waals surface area (Å²) in [6.45, 7) is 1.97. The monoisotopic (exact) mass is 393 g/mol. The van der Waals surface area contributed by atoms with Crippen molar-refractivity contribution in [2.24, 2.45) is 0 Å². The number of hydrogen-bond donors (Lipinski definition) is 1. The van der Waals surface area contributed by atoms with E-state index in [0.29, 0.717) is 11.4 Å². The fraction of sp³-hybridized carbons (Fsp3) is 0.400. The van der Waals surface area contributed by atoms with Gasteiger partial charge in [0.25, 0.3) is 0 Å². The first-order valence-electron chi connectivity index (χ1n) is 8.92. The molecular formula is C20H24ClNO3S. The molecule has 2 aromatic rings. The van der Waals surface area contributed by atoms with Gasteiger partial charge in [-0.05, 0) is 67.0 Å². The van der Waals surface area contributed by atoms with Crippen LogP contribution in [0.3, 0.4) is 0 Å². The summed E-state index contributed by atoms with van der Waals surface area (Å²) in [5.41, 5.74) is 3.72. The number of fused-ring (bicyclic) bond motifs is 1. The quantitative estimate of drug-likeness (QED) is 0.776. The lowest BCUT2D eigenvalue weighted by Crippen LogP contribution is -2.29. The maximum Gasteiger partial charge on any atom is 0.244 e. The fourth-order valence-corrected chi connectivity index (χ4v) is 5.21. The van der Waals surface area contributed by atoms with Crippen LogP contribution >= 0.6 is 11.6 Å². The Hall–Kier alpha value is -1.56. The molecule has 1 aliphatic rings. The van der Waals surface area contributed by atoms with Gasteiger partial charge in [0, 0.05) is 11.1 Å². The molecule has 26 heavy (non-hydrogen) atoms. The second-order valence-electron chi connectivity index (χ2n) is 6.61. The number of methoxy groups -OCH3 is 1. The van der Waals surface area contributed by atoms with Crippen molar-refractivity contribution in [2.45, 2.75) is 50.0 Å². The standard InChI is InChI=1S/C20H24ClNO3S/c1-3-18(16-9-8-14-6-4-5-7-15(14)12-16)22-26(23,24)20-13-17(21)10-11-19(20)25-2/h8-13,18,22H,3-7H2,1-2H3/t18-/m1/s1. The van der Waals surface area contributed by atoms with E-state index >= 15 is 0 Å². The third kappa shape index (κ3) is 4.05. The molecule has 2 aromatic carbocycles. The van der Waals surface area contributed by atoms with E-state index in [1.807, 2.05) is 13.0 Å². The molecule has 1 N–H and O–H groups in total. The molecule has 140 valence electrons. The predicted octanol–water partition coefficient (Wildman–Crippen LogP) is 4.66. The highest BCUT2D eigenvalue weighted by molar-refractivity contribution is 7.89. The van der Waals surface area contributed by atoms with Gasteiger partial charge < -0.3 is 4.74 Å². The second kappa shape index (κ2) is 7.99. The molecule has 0 heterocycles. The highest BCUT2D eigenvalue weighted by Gasteiger charge is 2.25. The molecule has 0 radical (unpaired) electrons. The average Bonchev–Trinajstić information content (AvgIpc) is 2.65. The Morgan fingerprint density at radius 3 is 2.54 bits per heavy atom. The van der Waals surface area contributed by atoms with E-state index < -0.39 is 10.0 Å². The molecule has 0 spiro atoms. The molecular weight excluding hydrogens is 370 g/mol. The summed E-state index contributed by atoms with van der Waals surface area (Å²) in [5, 5.41) is 0.355. The van der Waals surface area contributed by atoms with E-state index in [4.69, 9.17) is 16.3 Å².